The van der Waals surface area contributed by atoms with Crippen molar-refractivity contribution in [3.05, 3.63) is 94.9 Å². The van der Waals surface area contributed by atoms with Crippen LogP contribution in [0.2, 0.25) is 0 Å². The number of fused-ring (bicyclic) bond motifs is 1. The molecule has 4 rings (SSSR count). The highest BCUT2D eigenvalue weighted by atomic mass is 32.2. The number of aryl methyl sites for hydroxylation is 1. The zero-order chi connectivity index (χ0) is 18.1. The molecule has 0 spiro atoms. The lowest BCUT2D eigenvalue weighted by Crippen LogP contribution is -2.15. The van der Waals surface area contributed by atoms with Crippen molar-refractivity contribution in [2.24, 2.45) is 0 Å². The predicted octanol–water partition coefficient (Wildman–Crippen LogP) is 3.86. The molecule has 0 aliphatic rings. The summed E-state index contributed by atoms with van der Waals surface area (Å²) in [6, 6.07) is 22.1. The molecule has 0 saturated carbocycles. The minimum absolute atomic E-state index is 0.182. The molecule has 0 saturated heterocycles. The van der Waals surface area contributed by atoms with Gasteiger partial charge in [0, 0.05) is 28.5 Å². The van der Waals surface area contributed by atoms with E-state index in [4.69, 9.17) is 0 Å². The quantitative estimate of drug-likeness (QED) is 0.557. The Morgan fingerprint density at radius 1 is 0.923 bits per heavy atom. The maximum Gasteiger partial charge on any atom is 0.192 e. The predicted molar refractivity (Wildman–Crippen MR) is 103 cm³/mol. The molecule has 2 aromatic heterocycles. The van der Waals surface area contributed by atoms with Crippen molar-refractivity contribution in [3.8, 4) is 5.69 Å². The topological polar surface area (TPSA) is 52.0 Å². The lowest BCUT2D eigenvalue weighted by Gasteiger charge is -2.17. The van der Waals surface area contributed by atoms with Gasteiger partial charge in [-0.1, -0.05) is 36.4 Å². The van der Waals surface area contributed by atoms with Crippen LogP contribution in [0.4, 0.5) is 0 Å². The van der Waals surface area contributed by atoms with Gasteiger partial charge in [-0.3, -0.25) is 9.78 Å². The molecule has 0 radical (unpaired) electrons. The van der Waals surface area contributed by atoms with Gasteiger partial charge in [0.2, 0.25) is 0 Å². The number of para-hydroxylation sites is 1. The molecule has 0 aliphatic heterocycles. The van der Waals surface area contributed by atoms with E-state index in [2.05, 4.69) is 4.98 Å². The summed E-state index contributed by atoms with van der Waals surface area (Å²) in [7, 11) is -1.49. The van der Waals surface area contributed by atoms with Crippen molar-refractivity contribution in [1.29, 1.82) is 0 Å². The van der Waals surface area contributed by atoms with Crippen LogP contribution in [-0.4, -0.2) is 13.8 Å². The van der Waals surface area contributed by atoms with Crippen molar-refractivity contribution in [2.75, 3.05) is 0 Å². The number of hydrogen-bond acceptors (Lipinski definition) is 3. The molecular formula is C21H16N2O2S. The van der Waals surface area contributed by atoms with Gasteiger partial charge in [0.05, 0.1) is 10.9 Å². The summed E-state index contributed by atoms with van der Waals surface area (Å²) in [5.74, 6) is 0. The Bertz CT molecular complexity index is 1170. The lowest BCUT2D eigenvalue weighted by molar-refractivity contribution is 0.677. The number of nitrogens with zero attached hydrogens (tertiary/aromatic N) is 2. The van der Waals surface area contributed by atoms with E-state index >= 15 is 0 Å². The molecule has 2 heterocycles. The summed E-state index contributed by atoms with van der Waals surface area (Å²) in [6.07, 6.45) is 1.58. The molecule has 26 heavy (non-hydrogen) atoms. The smallest absolute Gasteiger partial charge is 0.192 e. The number of hydrogen-bond donors (Lipinski definition) is 0. The van der Waals surface area contributed by atoms with Crippen LogP contribution >= 0.6 is 0 Å². The van der Waals surface area contributed by atoms with Gasteiger partial charge in [0.1, 0.15) is 15.8 Å². The van der Waals surface area contributed by atoms with E-state index in [1.165, 1.54) is 6.07 Å². The highest BCUT2D eigenvalue weighted by Gasteiger charge is 2.17. The number of benzene rings is 2. The second kappa shape index (κ2) is 6.69. The Morgan fingerprint density at radius 3 is 2.27 bits per heavy atom. The van der Waals surface area contributed by atoms with Crippen LogP contribution < -0.4 is 5.43 Å². The van der Waals surface area contributed by atoms with Crippen LogP contribution in [0.25, 0.3) is 16.6 Å². The van der Waals surface area contributed by atoms with E-state index in [1.54, 1.807) is 18.3 Å². The largest absolute Gasteiger partial charge is 0.302 e. The molecule has 1 unspecified atom stereocenters. The Balaban J connectivity index is 2.10. The van der Waals surface area contributed by atoms with Gasteiger partial charge >= 0.3 is 0 Å². The molecule has 0 bridgehead atoms. The van der Waals surface area contributed by atoms with E-state index in [1.807, 2.05) is 66.1 Å². The molecule has 128 valence electrons. The molecule has 1 atom stereocenters. The molecule has 4 nitrogen and oxygen atoms in total. The van der Waals surface area contributed by atoms with E-state index in [0.717, 1.165) is 11.4 Å². The van der Waals surface area contributed by atoms with E-state index < -0.39 is 10.8 Å². The van der Waals surface area contributed by atoms with E-state index in [-0.39, 0.29) is 5.43 Å². The first-order chi connectivity index (χ1) is 12.6. The molecule has 2 aromatic carbocycles. The van der Waals surface area contributed by atoms with Crippen LogP contribution in [0.5, 0.6) is 0 Å². The second-order valence-corrected chi connectivity index (χ2v) is 7.37. The fourth-order valence-corrected chi connectivity index (χ4v) is 4.17. The molecule has 0 fully saturated rings. The summed E-state index contributed by atoms with van der Waals surface area (Å²) in [6.45, 7) is 1.88. The monoisotopic (exact) mass is 360 g/mol. The van der Waals surface area contributed by atoms with Gasteiger partial charge in [0.25, 0.3) is 0 Å². The third-order valence-corrected chi connectivity index (χ3v) is 5.54. The summed E-state index contributed by atoms with van der Waals surface area (Å²) >= 11 is 0. The zero-order valence-corrected chi connectivity index (χ0v) is 14.9. The van der Waals surface area contributed by atoms with Crippen molar-refractivity contribution >= 4 is 21.7 Å². The molecule has 5 heteroatoms. The second-order valence-electron chi connectivity index (χ2n) is 5.94. The van der Waals surface area contributed by atoms with Crippen molar-refractivity contribution in [1.82, 2.24) is 9.55 Å². The average Bonchev–Trinajstić information content (AvgIpc) is 2.68. The van der Waals surface area contributed by atoms with Crippen LogP contribution in [0, 0.1) is 6.92 Å². The van der Waals surface area contributed by atoms with Gasteiger partial charge in [-0.15, -0.1) is 0 Å². The molecular weight excluding hydrogens is 344 g/mol. The SMILES string of the molecule is Cc1cc2c(cn1)c(=O)cc(S(=O)c1ccccc1)n2-c1ccccc1. The number of pyridine rings is 2. The Morgan fingerprint density at radius 2 is 1.58 bits per heavy atom. The van der Waals surface area contributed by atoms with Crippen LogP contribution in [0.15, 0.2) is 93.7 Å². The van der Waals surface area contributed by atoms with E-state index in [9.17, 15) is 9.00 Å². The van der Waals surface area contributed by atoms with Crippen molar-refractivity contribution in [2.45, 2.75) is 16.8 Å². The van der Waals surface area contributed by atoms with Gasteiger partial charge in [-0.05, 0) is 37.3 Å². The van der Waals surface area contributed by atoms with Gasteiger partial charge in [-0.25, -0.2) is 4.21 Å². The first kappa shape index (κ1) is 16.4. The Hall–Kier alpha value is -3.05. The fourth-order valence-electron chi connectivity index (χ4n) is 2.94. The summed E-state index contributed by atoms with van der Waals surface area (Å²) < 4.78 is 15.1. The fraction of sp³-hybridized carbons (Fsp3) is 0.0476. The normalized spacial score (nSPS) is 12.2. The Labute approximate surface area is 153 Å². The zero-order valence-electron chi connectivity index (χ0n) is 14.1. The summed E-state index contributed by atoms with van der Waals surface area (Å²) in [5, 5.41) is 0.957. The lowest BCUT2D eigenvalue weighted by atomic mass is 10.2. The first-order valence-electron chi connectivity index (χ1n) is 8.20. The number of rotatable bonds is 3. The van der Waals surface area contributed by atoms with E-state index in [0.29, 0.717) is 20.8 Å². The van der Waals surface area contributed by atoms with Crippen molar-refractivity contribution < 1.29 is 4.21 Å². The highest BCUT2D eigenvalue weighted by Crippen LogP contribution is 2.24. The van der Waals surface area contributed by atoms with Crippen LogP contribution in [0.1, 0.15) is 5.69 Å². The third-order valence-electron chi connectivity index (χ3n) is 4.16. The maximum atomic E-state index is 13.3. The third kappa shape index (κ3) is 2.86. The molecule has 4 aromatic rings. The highest BCUT2D eigenvalue weighted by molar-refractivity contribution is 7.85. The Kier molecular flexibility index (Phi) is 4.22. The number of aromatic nitrogens is 2. The molecule has 0 aliphatic carbocycles. The van der Waals surface area contributed by atoms with Gasteiger partial charge in [0.15, 0.2) is 5.43 Å². The minimum Gasteiger partial charge on any atom is -0.302 e. The maximum absolute atomic E-state index is 13.3. The van der Waals surface area contributed by atoms with Gasteiger partial charge in [-0.2, -0.15) is 0 Å². The first-order valence-corrected chi connectivity index (χ1v) is 9.35. The molecule has 0 amide bonds. The van der Waals surface area contributed by atoms with Crippen molar-refractivity contribution in [3.63, 3.8) is 0 Å². The average molecular weight is 360 g/mol. The minimum atomic E-state index is -1.49. The van der Waals surface area contributed by atoms with Crippen LogP contribution in [0.3, 0.4) is 0 Å². The standard InChI is InChI=1S/C21H16N2O2S/c1-15-12-19-18(14-22-15)20(24)13-21(23(19)16-8-4-2-5-9-16)26(25)17-10-6-3-7-11-17/h2-14H,1H3. The van der Waals surface area contributed by atoms with Crippen LogP contribution in [-0.2, 0) is 10.8 Å². The van der Waals surface area contributed by atoms with Gasteiger partial charge < -0.3 is 4.57 Å². The molecule has 0 N–H and O–H groups in total. The summed E-state index contributed by atoms with van der Waals surface area (Å²) in [4.78, 5) is 17.5. The summed E-state index contributed by atoms with van der Waals surface area (Å²) in [5.41, 5.74) is 2.17.